The molecule has 1 saturated heterocycles. The van der Waals surface area contributed by atoms with Crippen molar-refractivity contribution in [1.29, 1.82) is 5.26 Å². The zero-order valence-electron chi connectivity index (χ0n) is 14.5. The average molecular weight is 339 g/mol. The number of nitrogens with zero attached hydrogens (tertiary/aromatic N) is 2. The van der Waals surface area contributed by atoms with Crippen LogP contribution in [0, 0.1) is 23.2 Å². The molecule has 0 aromatic heterocycles. The quantitative estimate of drug-likeness (QED) is 0.918. The second-order valence-electron chi connectivity index (χ2n) is 7.11. The van der Waals surface area contributed by atoms with Crippen LogP contribution in [0.25, 0.3) is 0 Å². The Morgan fingerprint density at radius 3 is 2.20 bits per heavy atom. The summed E-state index contributed by atoms with van der Waals surface area (Å²) in [5.41, 5.74) is 1.29. The summed E-state index contributed by atoms with van der Waals surface area (Å²) in [5.74, 6) is 0.462. The summed E-state index contributed by atoms with van der Waals surface area (Å²) < 4.78 is 0. The summed E-state index contributed by atoms with van der Waals surface area (Å²) in [5, 5.41) is 11.7. The van der Waals surface area contributed by atoms with Crippen molar-refractivity contribution in [3.63, 3.8) is 0 Å². The van der Waals surface area contributed by atoms with Crippen molar-refractivity contribution >= 4 is 17.5 Å². The molecule has 132 valence electrons. The molecule has 5 heteroatoms. The van der Waals surface area contributed by atoms with Gasteiger partial charge in [-0.1, -0.05) is 19.3 Å². The number of carbonyl (C=O) groups is 2. The maximum atomic E-state index is 12.6. The molecule has 0 radical (unpaired) electrons. The van der Waals surface area contributed by atoms with Gasteiger partial charge in [0.1, 0.15) is 0 Å². The first-order valence-corrected chi connectivity index (χ1v) is 9.27. The molecule has 0 unspecified atom stereocenters. The smallest absolute Gasteiger partial charge is 0.227 e. The minimum atomic E-state index is -0.0500. The number of likely N-dealkylation sites (tertiary alicyclic amines) is 1. The minimum absolute atomic E-state index is 0.00877. The van der Waals surface area contributed by atoms with Crippen LogP contribution in [0.5, 0.6) is 0 Å². The Labute approximate surface area is 149 Å². The van der Waals surface area contributed by atoms with Gasteiger partial charge in [0.25, 0.3) is 0 Å². The number of nitrogens with one attached hydrogen (secondary N) is 1. The molecule has 25 heavy (non-hydrogen) atoms. The predicted octanol–water partition coefficient (Wildman–Crippen LogP) is 3.32. The number of nitriles is 1. The molecule has 1 heterocycles. The van der Waals surface area contributed by atoms with E-state index >= 15 is 0 Å². The summed E-state index contributed by atoms with van der Waals surface area (Å²) in [4.78, 5) is 27.0. The van der Waals surface area contributed by atoms with Gasteiger partial charge < -0.3 is 10.2 Å². The van der Waals surface area contributed by atoms with Crippen LogP contribution < -0.4 is 5.32 Å². The largest absolute Gasteiger partial charge is 0.342 e. The van der Waals surface area contributed by atoms with Crippen LogP contribution in [-0.4, -0.2) is 29.8 Å². The van der Waals surface area contributed by atoms with Gasteiger partial charge in [0.05, 0.1) is 11.6 Å². The summed E-state index contributed by atoms with van der Waals surface area (Å²) in [7, 11) is 0. The Balaban J connectivity index is 1.48. The highest BCUT2D eigenvalue weighted by Gasteiger charge is 2.31. The highest BCUT2D eigenvalue weighted by atomic mass is 16.2. The van der Waals surface area contributed by atoms with Crippen molar-refractivity contribution in [1.82, 2.24) is 4.90 Å². The van der Waals surface area contributed by atoms with Gasteiger partial charge in [-0.3, -0.25) is 9.59 Å². The van der Waals surface area contributed by atoms with Crippen molar-refractivity contribution in [2.75, 3.05) is 18.4 Å². The Morgan fingerprint density at radius 2 is 1.60 bits per heavy atom. The molecule has 1 aromatic rings. The molecule has 1 aliphatic heterocycles. The van der Waals surface area contributed by atoms with E-state index in [9.17, 15) is 9.59 Å². The lowest BCUT2D eigenvalue weighted by Crippen LogP contribution is -2.44. The molecule has 1 N–H and O–H groups in total. The zero-order valence-corrected chi connectivity index (χ0v) is 14.5. The number of anilines is 1. The van der Waals surface area contributed by atoms with Crippen molar-refractivity contribution in [3.8, 4) is 6.07 Å². The number of benzene rings is 1. The predicted molar refractivity (Wildman–Crippen MR) is 95.7 cm³/mol. The molecule has 3 rings (SSSR count). The summed E-state index contributed by atoms with van der Waals surface area (Å²) in [6, 6.07) is 8.95. The number of hydrogen-bond donors (Lipinski definition) is 1. The zero-order chi connectivity index (χ0) is 17.6. The third-order valence-corrected chi connectivity index (χ3v) is 5.41. The molecule has 2 fully saturated rings. The minimum Gasteiger partial charge on any atom is -0.342 e. The standard InChI is InChI=1S/C20H25N3O2/c21-14-15-6-8-18(9-7-15)22-19(24)16-10-12-23(13-11-16)20(25)17-4-2-1-3-5-17/h6-9,16-17H,1-5,10-13H2,(H,22,24). The topological polar surface area (TPSA) is 73.2 Å². The van der Waals surface area contributed by atoms with E-state index in [1.54, 1.807) is 24.3 Å². The second kappa shape index (κ2) is 8.15. The molecular formula is C20H25N3O2. The third kappa shape index (κ3) is 4.39. The number of amides is 2. The first-order valence-electron chi connectivity index (χ1n) is 9.27. The van der Waals surface area contributed by atoms with Crippen LogP contribution in [0.15, 0.2) is 24.3 Å². The van der Waals surface area contributed by atoms with Crippen molar-refractivity contribution < 1.29 is 9.59 Å². The fourth-order valence-corrected chi connectivity index (χ4v) is 3.84. The monoisotopic (exact) mass is 339 g/mol. The van der Waals surface area contributed by atoms with Crippen molar-refractivity contribution in [2.45, 2.75) is 44.9 Å². The first kappa shape index (κ1) is 17.5. The van der Waals surface area contributed by atoms with Crippen LogP contribution in [0.2, 0.25) is 0 Å². The van der Waals surface area contributed by atoms with Crippen molar-refractivity contribution in [3.05, 3.63) is 29.8 Å². The Bertz CT molecular complexity index is 649. The summed E-state index contributed by atoms with van der Waals surface area (Å²) >= 11 is 0. The van der Waals surface area contributed by atoms with Gasteiger partial charge in [0.15, 0.2) is 0 Å². The highest BCUT2D eigenvalue weighted by molar-refractivity contribution is 5.92. The van der Waals surface area contributed by atoms with Crippen LogP contribution in [0.3, 0.4) is 0 Å². The Morgan fingerprint density at radius 1 is 0.960 bits per heavy atom. The fourth-order valence-electron chi connectivity index (χ4n) is 3.84. The molecule has 2 aliphatic rings. The van der Waals surface area contributed by atoms with E-state index in [0.29, 0.717) is 30.2 Å². The van der Waals surface area contributed by atoms with Crippen LogP contribution in [0.4, 0.5) is 5.69 Å². The number of carbonyl (C=O) groups excluding carboxylic acids is 2. The Hall–Kier alpha value is -2.35. The SMILES string of the molecule is N#Cc1ccc(NC(=O)C2CCN(C(=O)C3CCCCC3)CC2)cc1. The summed E-state index contributed by atoms with van der Waals surface area (Å²) in [6.07, 6.45) is 7.08. The third-order valence-electron chi connectivity index (χ3n) is 5.41. The molecule has 0 bridgehead atoms. The van der Waals surface area contributed by atoms with Gasteiger partial charge in [-0.15, -0.1) is 0 Å². The van der Waals surface area contributed by atoms with Gasteiger partial charge in [-0.05, 0) is 49.9 Å². The molecule has 2 amide bonds. The van der Waals surface area contributed by atoms with Gasteiger partial charge >= 0.3 is 0 Å². The molecule has 1 aliphatic carbocycles. The van der Waals surface area contributed by atoms with Crippen molar-refractivity contribution in [2.24, 2.45) is 11.8 Å². The van der Waals surface area contributed by atoms with E-state index < -0.39 is 0 Å². The Kier molecular flexibility index (Phi) is 5.70. The van der Waals surface area contributed by atoms with Crippen LogP contribution in [-0.2, 0) is 9.59 Å². The van der Waals surface area contributed by atoms with Gasteiger partial charge in [-0.25, -0.2) is 0 Å². The normalized spacial score (nSPS) is 19.2. The van der Waals surface area contributed by atoms with E-state index in [2.05, 4.69) is 11.4 Å². The summed E-state index contributed by atoms with van der Waals surface area (Å²) in [6.45, 7) is 1.36. The van der Waals surface area contributed by atoms with Gasteiger partial charge in [0, 0.05) is 30.6 Å². The number of rotatable bonds is 3. The maximum Gasteiger partial charge on any atom is 0.227 e. The van der Waals surface area contributed by atoms with E-state index in [1.807, 2.05) is 4.90 Å². The van der Waals surface area contributed by atoms with E-state index in [-0.39, 0.29) is 17.7 Å². The lowest BCUT2D eigenvalue weighted by atomic mass is 9.87. The molecular weight excluding hydrogens is 314 g/mol. The van der Waals surface area contributed by atoms with Gasteiger partial charge in [-0.2, -0.15) is 5.26 Å². The number of hydrogen-bond acceptors (Lipinski definition) is 3. The molecule has 0 atom stereocenters. The van der Waals surface area contributed by atoms with E-state index in [4.69, 9.17) is 5.26 Å². The lowest BCUT2D eigenvalue weighted by molar-refractivity contribution is -0.139. The molecule has 1 aromatic carbocycles. The highest BCUT2D eigenvalue weighted by Crippen LogP contribution is 2.28. The molecule has 1 saturated carbocycles. The van der Waals surface area contributed by atoms with E-state index in [1.165, 1.54) is 19.3 Å². The lowest BCUT2D eigenvalue weighted by Gasteiger charge is -2.34. The van der Waals surface area contributed by atoms with Crippen LogP contribution in [0.1, 0.15) is 50.5 Å². The van der Waals surface area contributed by atoms with E-state index in [0.717, 1.165) is 25.7 Å². The second-order valence-corrected chi connectivity index (χ2v) is 7.11. The average Bonchev–Trinajstić information content (AvgIpc) is 2.69. The first-order chi connectivity index (χ1) is 12.2. The van der Waals surface area contributed by atoms with Gasteiger partial charge in [0.2, 0.25) is 11.8 Å². The van der Waals surface area contributed by atoms with Crippen LogP contribution >= 0.6 is 0 Å². The fraction of sp³-hybridized carbons (Fsp3) is 0.550. The maximum absolute atomic E-state index is 12.6. The molecule has 5 nitrogen and oxygen atoms in total. The molecule has 0 spiro atoms. The number of piperidine rings is 1.